The van der Waals surface area contributed by atoms with Crippen LogP contribution in [-0.2, 0) is 20.7 Å². The van der Waals surface area contributed by atoms with Gasteiger partial charge in [0.05, 0.1) is 13.2 Å². The van der Waals surface area contributed by atoms with E-state index in [0.717, 1.165) is 38.5 Å². The molecule has 0 amide bonds. The number of carbonyl (C=O) groups excluding carboxylic acids is 1. The van der Waals surface area contributed by atoms with Gasteiger partial charge >= 0.3 is 5.97 Å². The van der Waals surface area contributed by atoms with E-state index in [0.29, 0.717) is 6.54 Å². The maximum absolute atomic E-state index is 11.2. The second kappa shape index (κ2) is 12.4. The first kappa shape index (κ1) is 18.9. The van der Waals surface area contributed by atoms with E-state index in [1.54, 1.807) is 6.20 Å². The lowest BCUT2D eigenvalue weighted by atomic mass is 10.0. The standard InChI is InChI=1S/C16H24N4O3/c1-22-16(21)13-23-15(8-2-3-11-19-20-17)9-4-6-14-7-5-10-18-12-14/h5,7,10,12,15H,2-4,6,8-9,11,13H2,1H3. The van der Waals surface area contributed by atoms with E-state index in [1.807, 2.05) is 12.3 Å². The van der Waals surface area contributed by atoms with Gasteiger partial charge in [-0.2, -0.15) is 0 Å². The van der Waals surface area contributed by atoms with Crippen LogP contribution in [-0.4, -0.2) is 37.3 Å². The fourth-order valence-corrected chi connectivity index (χ4v) is 2.23. The fourth-order valence-electron chi connectivity index (χ4n) is 2.23. The molecule has 1 unspecified atom stereocenters. The molecule has 0 aliphatic rings. The van der Waals surface area contributed by atoms with E-state index >= 15 is 0 Å². The third-order valence-corrected chi connectivity index (χ3v) is 3.48. The number of unbranched alkanes of at least 4 members (excludes halogenated alkanes) is 1. The fraction of sp³-hybridized carbons (Fsp3) is 0.625. The first-order valence-corrected chi connectivity index (χ1v) is 7.84. The van der Waals surface area contributed by atoms with Crippen molar-refractivity contribution in [1.82, 2.24) is 4.98 Å². The SMILES string of the molecule is COC(=O)COC(CCCCN=[N+]=[N-])CCCc1cccnc1. The van der Waals surface area contributed by atoms with Crippen molar-refractivity contribution in [3.63, 3.8) is 0 Å². The van der Waals surface area contributed by atoms with Crippen LogP contribution in [0.15, 0.2) is 29.6 Å². The minimum Gasteiger partial charge on any atom is -0.467 e. The normalized spacial score (nSPS) is 11.5. The number of methoxy groups -OCH3 is 1. The second-order valence-electron chi connectivity index (χ2n) is 5.21. The van der Waals surface area contributed by atoms with Crippen molar-refractivity contribution in [1.29, 1.82) is 0 Å². The summed E-state index contributed by atoms with van der Waals surface area (Å²) >= 11 is 0. The van der Waals surface area contributed by atoms with Crippen LogP contribution in [0.2, 0.25) is 0 Å². The van der Waals surface area contributed by atoms with Gasteiger partial charge in [-0.1, -0.05) is 17.6 Å². The first-order valence-electron chi connectivity index (χ1n) is 7.84. The van der Waals surface area contributed by atoms with Crippen LogP contribution in [0, 0.1) is 0 Å². The molecule has 1 heterocycles. The number of ether oxygens (including phenoxy) is 2. The molecule has 0 aliphatic carbocycles. The summed E-state index contributed by atoms with van der Waals surface area (Å²) in [4.78, 5) is 18.0. The third kappa shape index (κ3) is 9.50. The summed E-state index contributed by atoms with van der Waals surface area (Å²) in [5, 5.41) is 3.52. The highest BCUT2D eigenvalue weighted by atomic mass is 16.6. The Morgan fingerprint density at radius 3 is 2.91 bits per heavy atom. The average molecular weight is 320 g/mol. The number of rotatable bonds is 12. The molecule has 126 valence electrons. The maximum atomic E-state index is 11.2. The van der Waals surface area contributed by atoms with Gasteiger partial charge in [-0.15, -0.1) is 0 Å². The predicted octanol–water partition coefficient (Wildman–Crippen LogP) is 3.44. The van der Waals surface area contributed by atoms with Gasteiger partial charge in [0, 0.05) is 23.9 Å². The summed E-state index contributed by atoms with van der Waals surface area (Å²) in [6.07, 6.45) is 8.97. The molecule has 0 N–H and O–H groups in total. The number of esters is 1. The number of hydrogen-bond donors (Lipinski definition) is 0. The van der Waals surface area contributed by atoms with Crippen molar-refractivity contribution < 1.29 is 14.3 Å². The van der Waals surface area contributed by atoms with Crippen molar-refractivity contribution in [2.24, 2.45) is 5.11 Å². The lowest BCUT2D eigenvalue weighted by Crippen LogP contribution is -2.19. The summed E-state index contributed by atoms with van der Waals surface area (Å²) in [7, 11) is 1.35. The van der Waals surface area contributed by atoms with Crippen molar-refractivity contribution >= 4 is 5.97 Å². The molecule has 7 nitrogen and oxygen atoms in total. The Hall–Kier alpha value is -2.11. The molecule has 0 aliphatic heterocycles. The van der Waals surface area contributed by atoms with Crippen LogP contribution >= 0.6 is 0 Å². The molecule has 0 saturated carbocycles. The molecule has 7 heteroatoms. The predicted molar refractivity (Wildman–Crippen MR) is 86.8 cm³/mol. The highest BCUT2D eigenvalue weighted by Gasteiger charge is 2.12. The summed E-state index contributed by atoms with van der Waals surface area (Å²) in [6, 6.07) is 3.98. The number of aryl methyl sites for hydroxylation is 1. The molecular formula is C16H24N4O3. The van der Waals surface area contributed by atoms with E-state index in [9.17, 15) is 4.79 Å². The minimum atomic E-state index is -0.365. The quantitative estimate of drug-likeness (QED) is 0.194. The maximum Gasteiger partial charge on any atom is 0.331 e. The number of nitrogens with zero attached hydrogens (tertiary/aromatic N) is 4. The topological polar surface area (TPSA) is 97.2 Å². The van der Waals surface area contributed by atoms with Crippen LogP contribution in [0.1, 0.15) is 37.7 Å². The molecule has 1 aromatic rings. The van der Waals surface area contributed by atoms with Crippen LogP contribution < -0.4 is 0 Å². The number of azide groups is 1. The highest BCUT2D eigenvalue weighted by Crippen LogP contribution is 2.14. The Labute approximate surface area is 136 Å². The lowest BCUT2D eigenvalue weighted by Gasteiger charge is -2.17. The molecular weight excluding hydrogens is 296 g/mol. The van der Waals surface area contributed by atoms with Gasteiger partial charge in [0.2, 0.25) is 0 Å². The minimum absolute atomic E-state index is 0.0110. The van der Waals surface area contributed by atoms with Gasteiger partial charge in [-0.25, -0.2) is 4.79 Å². The average Bonchev–Trinajstić information content (AvgIpc) is 2.59. The highest BCUT2D eigenvalue weighted by molar-refractivity contribution is 5.70. The summed E-state index contributed by atoms with van der Waals surface area (Å²) in [6.45, 7) is 0.473. The van der Waals surface area contributed by atoms with Gasteiger partial charge < -0.3 is 9.47 Å². The molecule has 1 rings (SSSR count). The van der Waals surface area contributed by atoms with Crippen LogP contribution in [0.4, 0.5) is 0 Å². The van der Waals surface area contributed by atoms with E-state index in [2.05, 4.69) is 25.8 Å². The number of hydrogen-bond acceptors (Lipinski definition) is 5. The van der Waals surface area contributed by atoms with Crippen molar-refractivity contribution in [3.8, 4) is 0 Å². The van der Waals surface area contributed by atoms with Crippen molar-refractivity contribution in [2.75, 3.05) is 20.3 Å². The second-order valence-corrected chi connectivity index (χ2v) is 5.21. The van der Waals surface area contributed by atoms with Crippen LogP contribution in [0.3, 0.4) is 0 Å². The molecule has 0 spiro atoms. The molecule has 0 aromatic carbocycles. The first-order chi connectivity index (χ1) is 11.3. The molecule has 0 saturated heterocycles. The smallest absolute Gasteiger partial charge is 0.331 e. The molecule has 23 heavy (non-hydrogen) atoms. The zero-order valence-electron chi connectivity index (χ0n) is 13.6. The molecule has 0 radical (unpaired) electrons. The van der Waals surface area contributed by atoms with Crippen LogP contribution in [0.25, 0.3) is 10.4 Å². The van der Waals surface area contributed by atoms with Gasteiger partial charge in [-0.05, 0) is 49.3 Å². The van der Waals surface area contributed by atoms with Crippen molar-refractivity contribution in [2.45, 2.75) is 44.6 Å². The zero-order chi connectivity index (χ0) is 16.8. The lowest BCUT2D eigenvalue weighted by molar-refractivity contribution is -0.148. The molecule has 1 aromatic heterocycles. The van der Waals surface area contributed by atoms with Gasteiger partial charge in [0.25, 0.3) is 0 Å². The largest absolute Gasteiger partial charge is 0.467 e. The van der Waals surface area contributed by atoms with E-state index < -0.39 is 0 Å². The summed E-state index contributed by atoms with van der Waals surface area (Å²) in [5.74, 6) is -0.365. The van der Waals surface area contributed by atoms with Crippen molar-refractivity contribution in [3.05, 3.63) is 40.5 Å². The summed E-state index contributed by atoms with van der Waals surface area (Å²) < 4.78 is 10.3. The number of carbonyl (C=O) groups is 1. The number of aromatic nitrogens is 1. The Morgan fingerprint density at radius 1 is 1.39 bits per heavy atom. The monoisotopic (exact) mass is 320 g/mol. The molecule has 0 fully saturated rings. The van der Waals surface area contributed by atoms with E-state index in [1.165, 1.54) is 12.7 Å². The zero-order valence-corrected chi connectivity index (χ0v) is 13.6. The van der Waals surface area contributed by atoms with Gasteiger partial charge in [-0.3, -0.25) is 4.98 Å². The van der Waals surface area contributed by atoms with E-state index in [-0.39, 0.29) is 18.7 Å². The molecule has 1 atom stereocenters. The number of pyridine rings is 1. The third-order valence-electron chi connectivity index (χ3n) is 3.48. The van der Waals surface area contributed by atoms with Gasteiger partial charge in [0.1, 0.15) is 6.61 Å². The van der Waals surface area contributed by atoms with Gasteiger partial charge in [0.15, 0.2) is 0 Å². The summed E-state index contributed by atoms with van der Waals surface area (Å²) in [5.41, 5.74) is 9.45. The van der Waals surface area contributed by atoms with Crippen LogP contribution in [0.5, 0.6) is 0 Å². The Kier molecular flexibility index (Phi) is 10.2. The Morgan fingerprint density at radius 2 is 2.22 bits per heavy atom. The Balaban J connectivity index is 2.33. The molecule has 0 bridgehead atoms. The van der Waals surface area contributed by atoms with E-state index in [4.69, 9.17) is 10.3 Å². The Bertz CT molecular complexity index is 489.